The first-order valence-corrected chi connectivity index (χ1v) is 8.16. The van der Waals surface area contributed by atoms with Crippen LogP contribution in [0.15, 0.2) is 48.7 Å². The van der Waals surface area contributed by atoms with Gasteiger partial charge in [-0.25, -0.2) is 0 Å². The third kappa shape index (κ3) is 4.35. The number of benzene rings is 2. The molecule has 0 radical (unpaired) electrons. The van der Waals surface area contributed by atoms with Crippen molar-refractivity contribution in [1.29, 1.82) is 5.26 Å². The van der Waals surface area contributed by atoms with Gasteiger partial charge in [-0.1, -0.05) is 23.8 Å². The van der Waals surface area contributed by atoms with Gasteiger partial charge in [-0.15, -0.1) is 10.2 Å². The van der Waals surface area contributed by atoms with Crippen LogP contribution in [-0.2, 0) is 0 Å². The van der Waals surface area contributed by atoms with E-state index in [1.165, 1.54) is 6.20 Å². The Morgan fingerprint density at radius 1 is 1.22 bits per heavy atom. The van der Waals surface area contributed by atoms with E-state index in [0.717, 1.165) is 11.1 Å². The number of tetrazole rings is 1. The van der Waals surface area contributed by atoms with E-state index >= 15 is 0 Å². The van der Waals surface area contributed by atoms with Gasteiger partial charge in [-0.3, -0.25) is 4.79 Å². The van der Waals surface area contributed by atoms with Crippen LogP contribution in [0, 0.1) is 25.2 Å². The van der Waals surface area contributed by atoms with E-state index in [4.69, 9.17) is 0 Å². The fraction of sp³-hybridized carbons (Fsp3) is 0.105. The average Bonchev–Trinajstić information content (AvgIpc) is 3.19. The van der Waals surface area contributed by atoms with Gasteiger partial charge in [0.25, 0.3) is 5.91 Å². The molecule has 8 nitrogen and oxygen atoms in total. The summed E-state index contributed by atoms with van der Waals surface area (Å²) in [4.78, 5) is 12.5. The van der Waals surface area contributed by atoms with Crippen LogP contribution in [0.3, 0.4) is 0 Å². The number of hydrogen-bond acceptors (Lipinski definition) is 6. The zero-order chi connectivity index (χ0) is 19.2. The number of anilines is 2. The Morgan fingerprint density at radius 3 is 2.78 bits per heavy atom. The van der Waals surface area contributed by atoms with Crippen molar-refractivity contribution in [3.63, 3.8) is 0 Å². The van der Waals surface area contributed by atoms with Crippen molar-refractivity contribution in [2.75, 3.05) is 10.6 Å². The number of carbonyl (C=O) groups is 1. The summed E-state index contributed by atoms with van der Waals surface area (Å²) < 4.78 is 0. The summed E-state index contributed by atoms with van der Waals surface area (Å²) in [7, 11) is 0. The highest BCUT2D eigenvalue weighted by atomic mass is 16.1. The minimum absolute atomic E-state index is 0.181. The molecule has 1 heterocycles. The van der Waals surface area contributed by atoms with Gasteiger partial charge in [0.05, 0.1) is 0 Å². The number of aromatic nitrogens is 4. The van der Waals surface area contributed by atoms with E-state index < -0.39 is 0 Å². The summed E-state index contributed by atoms with van der Waals surface area (Å²) in [6.45, 7) is 3.85. The zero-order valence-corrected chi connectivity index (χ0v) is 14.8. The lowest BCUT2D eigenvalue weighted by Crippen LogP contribution is -2.13. The van der Waals surface area contributed by atoms with Crippen LogP contribution >= 0.6 is 0 Å². The molecule has 1 aromatic heterocycles. The third-order valence-corrected chi connectivity index (χ3v) is 3.86. The maximum absolute atomic E-state index is 12.5. The Morgan fingerprint density at radius 2 is 2.07 bits per heavy atom. The number of allylic oxidation sites excluding steroid dienone is 1. The second kappa shape index (κ2) is 7.93. The Labute approximate surface area is 155 Å². The molecule has 1 amide bonds. The molecule has 0 bridgehead atoms. The third-order valence-electron chi connectivity index (χ3n) is 3.86. The highest BCUT2D eigenvalue weighted by Gasteiger charge is 2.09. The molecule has 2 aromatic carbocycles. The molecule has 8 heteroatoms. The molecular weight excluding hydrogens is 342 g/mol. The smallest absolute Gasteiger partial charge is 0.255 e. The van der Waals surface area contributed by atoms with Gasteiger partial charge < -0.3 is 10.6 Å². The number of carbonyl (C=O) groups excluding carboxylic acids is 1. The largest absolute Gasteiger partial charge is 0.360 e. The van der Waals surface area contributed by atoms with Gasteiger partial charge in [0.1, 0.15) is 11.6 Å². The molecule has 0 atom stereocenters. The lowest BCUT2D eigenvalue weighted by molar-refractivity contribution is 0.102. The number of hydrogen-bond donors (Lipinski definition) is 3. The van der Waals surface area contributed by atoms with Gasteiger partial charge in [-0.2, -0.15) is 10.5 Å². The fourth-order valence-electron chi connectivity index (χ4n) is 2.41. The van der Waals surface area contributed by atoms with Crippen molar-refractivity contribution in [3.8, 4) is 6.07 Å². The summed E-state index contributed by atoms with van der Waals surface area (Å²) in [6.07, 6.45) is 1.49. The number of rotatable bonds is 5. The van der Waals surface area contributed by atoms with E-state index in [1.807, 2.05) is 50.2 Å². The first kappa shape index (κ1) is 17.8. The number of aromatic amines is 1. The molecule has 0 fully saturated rings. The van der Waals surface area contributed by atoms with Gasteiger partial charge in [0, 0.05) is 23.1 Å². The molecule has 0 spiro atoms. The number of nitrogens with zero attached hydrogens (tertiary/aromatic N) is 4. The lowest BCUT2D eigenvalue weighted by atomic mass is 10.1. The van der Waals surface area contributed by atoms with E-state index in [1.54, 1.807) is 12.1 Å². The molecule has 3 N–H and O–H groups in total. The normalized spacial score (nSPS) is 10.9. The number of nitrogens with one attached hydrogen (secondary N) is 3. The SMILES string of the molecule is Cc1cccc(C(=O)Nc2cc(NC=C(C#N)c3nn[nH]n3)ccc2C)c1. The summed E-state index contributed by atoms with van der Waals surface area (Å²) in [5.74, 6) is 0.0177. The monoisotopic (exact) mass is 359 g/mol. The Kier molecular flexibility index (Phi) is 5.23. The van der Waals surface area contributed by atoms with E-state index in [0.29, 0.717) is 16.9 Å². The highest BCUT2D eigenvalue weighted by molar-refractivity contribution is 6.05. The molecule has 134 valence electrons. The maximum Gasteiger partial charge on any atom is 0.255 e. The van der Waals surface area contributed by atoms with Crippen molar-refractivity contribution in [1.82, 2.24) is 20.6 Å². The first-order valence-electron chi connectivity index (χ1n) is 8.16. The highest BCUT2D eigenvalue weighted by Crippen LogP contribution is 2.22. The zero-order valence-electron chi connectivity index (χ0n) is 14.8. The van der Waals surface area contributed by atoms with Crippen LogP contribution in [0.2, 0.25) is 0 Å². The number of H-pyrrole nitrogens is 1. The predicted octanol–water partition coefficient (Wildman–Crippen LogP) is 3.05. The standard InChI is InChI=1S/C19H17N7O/c1-12-4-3-5-14(8-12)19(27)22-17-9-16(7-6-13(17)2)21-11-15(10-20)18-23-25-26-24-18/h3-9,11,21H,1-2H3,(H,22,27)(H,23,24,25,26). The van der Waals surface area contributed by atoms with Crippen LogP contribution in [-0.4, -0.2) is 26.5 Å². The van der Waals surface area contributed by atoms with Gasteiger partial charge in [0.2, 0.25) is 5.82 Å². The summed E-state index contributed by atoms with van der Waals surface area (Å²) >= 11 is 0. The number of nitriles is 1. The van der Waals surface area contributed by atoms with Crippen LogP contribution in [0.25, 0.3) is 5.57 Å². The summed E-state index contributed by atoms with van der Waals surface area (Å²) in [5, 5.41) is 28.4. The first-order chi connectivity index (χ1) is 13.1. The van der Waals surface area contributed by atoms with Crippen LogP contribution in [0.5, 0.6) is 0 Å². The van der Waals surface area contributed by atoms with E-state index in [9.17, 15) is 10.1 Å². The molecule has 0 saturated heterocycles. The second-order valence-electron chi connectivity index (χ2n) is 5.90. The summed E-state index contributed by atoms with van der Waals surface area (Å²) in [6, 6.07) is 14.9. The van der Waals surface area contributed by atoms with E-state index in [2.05, 4.69) is 31.3 Å². The van der Waals surface area contributed by atoms with Crippen molar-refractivity contribution >= 4 is 22.9 Å². The molecule has 0 saturated carbocycles. The van der Waals surface area contributed by atoms with E-state index in [-0.39, 0.29) is 17.3 Å². The van der Waals surface area contributed by atoms with Gasteiger partial charge in [-0.05, 0) is 48.9 Å². The van der Waals surface area contributed by atoms with Crippen LogP contribution in [0.4, 0.5) is 11.4 Å². The molecule has 27 heavy (non-hydrogen) atoms. The molecule has 0 aliphatic rings. The van der Waals surface area contributed by atoms with Crippen LogP contribution in [0.1, 0.15) is 27.3 Å². The van der Waals surface area contributed by atoms with Gasteiger partial charge in [0.15, 0.2) is 0 Å². The van der Waals surface area contributed by atoms with Crippen molar-refractivity contribution in [2.24, 2.45) is 0 Å². The molecule has 0 unspecified atom stereocenters. The molecule has 0 aliphatic carbocycles. The summed E-state index contributed by atoms with van der Waals surface area (Å²) in [5.41, 5.74) is 4.15. The average molecular weight is 359 g/mol. The van der Waals surface area contributed by atoms with Crippen molar-refractivity contribution in [2.45, 2.75) is 13.8 Å². The Hall–Kier alpha value is -3.99. The molecule has 3 aromatic rings. The molecule has 3 rings (SSSR count). The Bertz CT molecular complexity index is 1030. The van der Waals surface area contributed by atoms with Crippen molar-refractivity contribution < 1.29 is 4.79 Å². The Balaban J connectivity index is 1.78. The fourth-order valence-corrected chi connectivity index (χ4v) is 2.41. The quantitative estimate of drug-likeness (QED) is 0.602. The number of aryl methyl sites for hydroxylation is 2. The second-order valence-corrected chi connectivity index (χ2v) is 5.90. The maximum atomic E-state index is 12.5. The minimum atomic E-state index is -0.181. The topological polar surface area (TPSA) is 119 Å². The van der Waals surface area contributed by atoms with Gasteiger partial charge >= 0.3 is 0 Å². The van der Waals surface area contributed by atoms with Crippen molar-refractivity contribution in [3.05, 3.63) is 71.2 Å². The predicted molar refractivity (Wildman–Crippen MR) is 102 cm³/mol. The molecule has 0 aliphatic heterocycles. The molecular formula is C19H17N7O. The lowest BCUT2D eigenvalue weighted by Gasteiger charge is -2.11. The van der Waals surface area contributed by atoms with Crippen LogP contribution < -0.4 is 10.6 Å². The minimum Gasteiger partial charge on any atom is -0.360 e. The number of amides is 1.